The first-order chi connectivity index (χ1) is 11.4. The molecule has 2 nitrogen and oxygen atoms in total. The van der Waals surface area contributed by atoms with Crippen LogP contribution in [-0.2, 0) is 10.8 Å². The van der Waals surface area contributed by atoms with E-state index in [1.54, 1.807) is 6.07 Å². The van der Waals surface area contributed by atoms with Crippen molar-refractivity contribution in [2.75, 3.05) is 0 Å². The first kappa shape index (κ1) is 19.1. The standard InChI is InChI=1S/C21H24F2N2/c1-12-8-16(20(2,3)4)25-19(21(5,6)7)17(12)18-14(22)9-13(11-24)10-15(18)23/h8-10H,1-7H3. The Labute approximate surface area is 148 Å². The molecule has 1 aromatic carbocycles. The Balaban J connectivity index is 2.90. The third-order valence-electron chi connectivity index (χ3n) is 4.12. The fourth-order valence-electron chi connectivity index (χ4n) is 2.79. The summed E-state index contributed by atoms with van der Waals surface area (Å²) in [5.74, 6) is -1.48. The van der Waals surface area contributed by atoms with Crippen LogP contribution in [0.15, 0.2) is 18.2 Å². The van der Waals surface area contributed by atoms with E-state index in [1.807, 2.05) is 33.8 Å². The molecule has 1 aromatic heterocycles. The van der Waals surface area contributed by atoms with Crippen molar-refractivity contribution in [3.63, 3.8) is 0 Å². The normalized spacial score (nSPS) is 12.2. The van der Waals surface area contributed by atoms with Crippen molar-refractivity contribution in [2.45, 2.75) is 59.3 Å². The van der Waals surface area contributed by atoms with E-state index in [2.05, 4.69) is 20.8 Å². The maximum atomic E-state index is 14.6. The van der Waals surface area contributed by atoms with Gasteiger partial charge in [-0.3, -0.25) is 4.98 Å². The van der Waals surface area contributed by atoms with Crippen LogP contribution in [0.5, 0.6) is 0 Å². The molecule has 0 aliphatic carbocycles. The van der Waals surface area contributed by atoms with Gasteiger partial charge in [0.15, 0.2) is 0 Å². The molecule has 0 aliphatic rings. The molecular weight excluding hydrogens is 318 g/mol. The van der Waals surface area contributed by atoms with Gasteiger partial charge >= 0.3 is 0 Å². The predicted molar refractivity (Wildman–Crippen MR) is 96.4 cm³/mol. The van der Waals surface area contributed by atoms with Crippen LogP contribution >= 0.6 is 0 Å². The maximum Gasteiger partial charge on any atom is 0.135 e. The Morgan fingerprint density at radius 2 is 1.40 bits per heavy atom. The van der Waals surface area contributed by atoms with Crippen molar-refractivity contribution in [1.29, 1.82) is 5.26 Å². The van der Waals surface area contributed by atoms with Gasteiger partial charge in [-0.2, -0.15) is 5.26 Å². The minimum Gasteiger partial charge on any atom is -0.256 e. The molecule has 0 unspecified atom stereocenters. The highest BCUT2D eigenvalue weighted by molar-refractivity contribution is 5.73. The minimum atomic E-state index is -0.740. The number of hydrogen-bond donors (Lipinski definition) is 0. The average Bonchev–Trinajstić information content (AvgIpc) is 2.45. The molecule has 1 heterocycles. The largest absolute Gasteiger partial charge is 0.256 e. The zero-order valence-corrected chi connectivity index (χ0v) is 15.9. The van der Waals surface area contributed by atoms with Gasteiger partial charge < -0.3 is 0 Å². The number of aromatic nitrogens is 1. The number of rotatable bonds is 1. The van der Waals surface area contributed by atoms with E-state index in [-0.39, 0.29) is 16.5 Å². The highest BCUT2D eigenvalue weighted by atomic mass is 19.1. The van der Waals surface area contributed by atoms with Gasteiger partial charge in [0.1, 0.15) is 11.6 Å². The number of nitrogens with zero attached hydrogens (tertiary/aromatic N) is 2. The first-order valence-electron chi connectivity index (χ1n) is 8.28. The van der Waals surface area contributed by atoms with E-state index < -0.39 is 17.0 Å². The molecule has 0 atom stereocenters. The lowest BCUT2D eigenvalue weighted by Gasteiger charge is -2.28. The molecule has 0 aliphatic heterocycles. The third-order valence-corrected chi connectivity index (χ3v) is 4.12. The summed E-state index contributed by atoms with van der Waals surface area (Å²) in [5.41, 5.74) is 2.06. The Bertz CT molecular complexity index is 840. The lowest BCUT2D eigenvalue weighted by molar-refractivity contribution is 0.529. The third kappa shape index (κ3) is 3.71. The topological polar surface area (TPSA) is 36.7 Å². The minimum absolute atomic E-state index is 0.0343. The summed E-state index contributed by atoms with van der Waals surface area (Å²) in [7, 11) is 0. The van der Waals surface area contributed by atoms with E-state index in [0.29, 0.717) is 11.3 Å². The number of halogens is 2. The summed E-state index contributed by atoms with van der Waals surface area (Å²) in [6, 6.07) is 5.81. The second-order valence-corrected chi connectivity index (χ2v) is 8.47. The van der Waals surface area contributed by atoms with Crippen LogP contribution in [0.3, 0.4) is 0 Å². The fraction of sp³-hybridized carbons (Fsp3) is 0.429. The summed E-state index contributed by atoms with van der Waals surface area (Å²) in [4.78, 5) is 4.78. The first-order valence-corrected chi connectivity index (χ1v) is 8.28. The SMILES string of the molecule is Cc1cc(C(C)(C)C)nc(C(C)(C)C)c1-c1c(F)cc(C#N)cc1F. The van der Waals surface area contributed by atoms with E-state index in [0.717, 1.165) is 23.4 Å². The zero-order valence-electron chi connectivity index (χ0n) is 15.9. The molecule has 0 saturated heterocycles. The van der Waals surface area contributed by atoms with Gasteiger partial charge in [0, 0.05) is 22.1 Å². The van der Waals surface area contributed by atoms with E-state index in [1.165, 1.54) is 0 Å². The monoisotopic (exact) mass is 342 g/mol. The van der Waals surface area contributed by atoms with Crippen LogP contribution in [-0.4, -0.2) is 4.98 Å². The van der Waals surface area contributed by atoms with Gasteiger partial charge in [0.25, 0.3) is 0 Å². The Morgan fingerprint density at radius 3 is 1.80 bits per heavy atom. The van der Waals surface area contributed by atoms with Gasteiger partial charge in [0.2, 0.25) is 0 Å². The van der Waals surface area contributed by atoms with Crippen molar-refractivity contribution in [1.82, 2.24) is 4.98 Å². The molecule has 2 aromatic rings. The molecule has 0 saturated carbocycles. The summed E-state index contributed by atoms with van der Waals surface area (Å²) < 4.78 is 29.3. The number of hydrogen-bond acceptors (Lipinski definition) is 2. The number of benzene rings is 1. The molecule has 0 bridgehead atoms. The van der Waals surface area contributed by atoms with Crippen LogP contribution in [0, 0.1) is 29.9 Å². The van der Waals surface area contributed by atoms with Crippen molar-refractivity contribution >= 4 is 0 Å². The quantitative estimate of drug-likeness (QED) is 0.656. The zero-order chi connectivity index (χ0) is 19.2. The van der Waals surface area contributed by atoms with E-state index >= 15 is 0 Å². The van der Waals surface area contributed by atoms with E-state index in [9.17, 15) is 8.78 Å². The molecule has 0 N–H and O–H groups in total. The smallest absolute Gasteiger partial charge is 0.135 e. The van der Waals surface area contributed by atoms with Crippen molar-refractivity contribution in [3.05, 3.63) is 52.3 Å². The molecule has 132 valence electrons. The van der Waals surface area contributed by atoms with Crippen molar-refractivity contribution in [2.24, 2.45) is 0 Å². The molecule has 0 spiro atoms. The number of aryl methyl sites for hydroxylation is 1. The van der Waals surface area contributed by atoms with Crippen LogP contribution in [0.25, 0.3) is 11.1 Å². The average molecular weight is 342 g/mol. The Hall–Kier alpha value is -2.28. The summed E-state index contributed by atoms with van der Waals surface area (Å²) in [6.07, 6.45) is 0. The Morgan fingerprint density at radius 1 is 0.880 bits per heavy atom. The molecule has 0 fully saturated rings. The molecule has 0 radical (unpaired) electrons. The Kier molecular flexibility index (Phi) is 4.74. The van der Waals surface area contributed by atoms with Gasteiger partial charge in [-0.05, 0) is 30.7 Å². The predicted octanol–water partition coefficient (Wildman–Crippen LogP) is 5.80. The van der Waals surface area contributed by atoms with Gasteiger partial charge in [-0.1, -0.05) is 41.5 Å². The second kappa shape index (κ2) is 6.22. The van der Waals surface area contributed by atoms with Crippen LogP contribution in [0.4, 0.5) is 8.78 Å². The second-order valence-electron chi connectivity index (χ2n) is 8.47. The maximum absolute atomic E-state index is 14.6. The fourth-order valence-corrected chi connectivity index (χ4v) is 2.79. The number of pyridine rings is 1. The molecule has 0 amide bonds. The van der Waals surface area contributed by atoms with Crippen molar-refractivity contribution in [3.8, 4) is 17.2 Å². The lowest BCUT2D eigenvalue weighted by Crippen LogP contribution is -2.22. The summed E-state index contributed by atoms with van der Waals surface area (Å²) >= 11 is 0. The highest BCUT2D eigenvalue weighted by Crippen LogP contribution is 2.39. The summed E-state index contributed by atoms with van der Waals surface area (Å²) in [6.45, 7) is 14.0. The number of nitriles is 1. The summed E-state index contributed by atoms with van der Waals surface area (Å²) in [5, 5.41) is 8.92. The van der Waals surface area contributed by atoms with Gasteiger partial charge in [0.05, 0.1) is 22.9 Å². The lowest BCUT2D eigenvalue weighted by atomic mass is 9.81. The van der Waals surface area contributed by atoms with Crippen LogP contribution in [0.1, 0.15) is 64.1 Å². The van der Waals surface area contributed by atoms with Crippen LogP contribution in [0.2, 0.25) is 0 Å². The van der Waals surface area contributed by atoms with Crippen molar-refractivity contribution < 1.29 is 8.78 Å². The molecular formula is C21H24F2N2. The molecule has 25 heavy (non-hydrogen) atoms. The van der Waals surface area contributed by atoms with Gasteiger partial charge in [-0.25, -0.2) is 8.78 Å². The van der Waals surface area contributed by atoms with E-state index in [4.69, 9.17) is 10.2 Å². The molecule has 4 heteroatoms. The van der Waals surface area contributed by atoms with Crippen LogP contribution < -0.4 is 0 Å². The highest BCUT2D eigenvalue weighted by Gasteiger charge is 2.29. The molecule has 2 rings (SSSR count). The van der Waals surface area contributed by atoms with Gasteiger partial charge in [-0.15, -0.1) is 0 Å².